The standard InChI is InChI=1S/C32H36N4O8/c1-15(37)36-8-6-35(7-9-36)14-16-4-5-17-11-18-12-19-13-21-25(34(2)3)28(40)24(31(33)43)30(42)32(21,44)29(41)23(19)27(39)22(18)26(38)20(17)10-16/h4-5,10-11,19,21,25,38,40-41,44H,6-9,12-14H2,1-3H3,(H2,33,43)/t19-,21-,25-,32-/m0/s1. The van der Waals surface area contributed by atoms with Gasteiger partial charge >= 0.3 is 0 Å². The van der Waals surface area contributed by atoms with Crippen LogP contribution >= 0.6 is 0 Å². The van der Waals surface area contributed by atoms with Crippen molar-refractivity contribution < 1.29 is 39.6 Å². The highest BCUT2D eigenvalue weighted by atomic mass is 16.3. The lowest BCUT2D eigenvalue weighted by molar-refractivity contribution is -0.148. The van der Waals surface area contributed by atoms with Crippen LogP contribution in [-0.2, 0) is 27.3 Å². The predicted octanol–water partition coefficient (Wildman–Crippen LogP) is 0.938. The lowest BCUT2D eigenvalue weighted by Gasteiger charge is -2.50. The number of nitrogens with zero attached hydrogens (tertiary/aromatic N) is 3. The van der Waals surface area contributed by atoms with Gasteiger partial charge in [-0.25, -0.2) is 0 Å². The van der Waals surface area contributed by atoms with Crippen molar-refractivity contribution in [3.63, 3.8) is 0 Å². The first-order valence-electron chi connectivity index (χ1n) is 14.7. The first-order valence-corrected chi connectivity index (χ1v) is 14.7. The van der Waals surface area contributed by atoms with Crippen LogP contribution in [0.4, 0.5) is 0 Å². The Kier molecular flexibility index (Phi) is 7.06. The molecule has 0 aromatic heterocycles. The Morgan fingerprint density at radius 1 is 1.07 bits per heavy atom. The molecule has 2 aromatic carbocycles. The zero-order chi connectivity index (χ0) is 31.8. The van der Waals surface area contributed by atoms with Gasteiger partial charge in [-0.3, -0.25) is 29.0 Å². The fourth-order valence-electron chi connectivity index (χ4n) is 7.64. The number of rotatable bonds is 4. The second-order valence-corrected chi connectivity index (χ2v) is 12.6. The Hall–Kier alpha value is -4.26. The molecule has 6 N–H and O–H groups in total. The van der Waals surface area contributed by atoms with E-state index in [-0.39, 0.29) is 35.6 Å². The number of hydrogen-bond donors (Lipinski definition) is 5. The van der Waals surface area contributed by atoms with Crippen LogP contribution in [0.25, 0.3) is 10.8 Å². The number of aromatic hydroxyl groups is 1. The highest BCUT2D eigenvalue weighted by Crippen LogP contribution is 2.52. The minimum absolute atomic E-state index is 0.00879. The summed E-state index contributed by atoms with van der Waals surface area (Å²) in [5, 5.41) is 46.8. The van der Waals surface area contributed by atoms with E-state index in [1.54, 1.807) is 25.9 Å². The number of aliphatic hydroxyl groups excluding tert-OH is 2. The minimum atomic E-state index is -2.67. The molecule has 6 rings (SSSR count). The smallest absolute Gasteiger partial charge is 0.255 e. The summed E-state index contributed by atoms with van der Waals surface area (Å²) in [6, 6.07) is 6.48. The molecule has 1 heterocycles. The topological polar surface area (TPSA) is 185 Å². The Labute approximate surface area is 253 Å². The highest BCUT2D eigenvalue weighted by Gasteiger charge is 2.63. The maximum atomic E-state index is 14.0. The SMILES string of the molecule is CC(=O)N1CCN(Cc2ccc3cc4c(c(O)c3c2)C(=O)C2=C(O)[C@]3(O)C(=O)C(C(N)=O)=C(O)[C@@H](N(C)C)[C@@H]3C[C@@H]2C4)CC1. The molecule has 44 heavy (non-hydrogen) atoms. The van der Waals surface area contributed by atoms with Gasteiger partial charge in [-0.1, -0.05) is 18.2 Å². The molecule has 4 aliphatic rings. The average Bonchev–Trinajstić information content (AvgIpc) is 2.95. The van der Waals surface area contributed by atoms with Crippen LogP contribution in [0.3, 0.4) is 0 Å². The summed E-state index contributed by atoms with van der Waals surface area (Å²) in [4.78, 5) is 56.9. The van der Waals surface area contributed by atoms with Crippen LogP contribution in [0.1, 0.15) is 34.8 Å². The van der Waals surface area contributed by atoms with Crippen LogP contribution in [-0.4, -0.2) is 110 Å². The van der Waals surface area contributed by atoms with Crippen molar-refractivity contribution in [3.8, 4) is 5.75 Å². The zero-order valence-corrected chi connectivity index (χ0v) is 24.8. The van der Waals surface area contributed by atoms with Gasteiger partial charge in [0.05, 0.1) is 11.6 Å². The van der Waals surface area contributed by atoms with Crippen LogP contribution in [0.15, 0.2) is 46.9 Å². The predicted molar refractivity (Wildman–Crippen MR) is 159 cm³/mol. The van der Waals surface area contributed by atoms with E-state index in [9.17, 15) is 39.6 Å². The molecule has 0 unspecified atom stereocenters. The van der Waals surface area contributed by atoms with Crippen molar-refractivity contribution in [2.75, 3.05) is 40.3 Å². The van der Waals surface area contributed by atoms with Gasteiger partial charge in [0.2, 0.25) is 11.7 Å². The number of likely N-dealkylation sites (N-methyl/N-ethyl adjacent to an activating group) is 1. The molecule has 1 fully saturated rings. The first kappa shape index (κ1) is 29.8. The summed E-state index contributed by atoms with van der Waals surface area (Å²) in [5.74, 6) is -6.59. The molecule has 4 atom stereocenters. The van der Waals surface area contributed by atoms with E-state index in [4.69, 9.17) is 5.73 Å². The van der Waals surface area contributed by atoms with Gasteiger partial charge in [0.15, 0.2) is 11.4 Å². The highest BCUT2D eigenvalue weighted by molar-refractivity contribution is 6.25. The number of ketones is 2. The number of aliphatic hydroxyl groups is 3. The number of Topliss-reactive ketones (excluding diaryl/α,β-unsaturated/α-hetero) is 2. The Morgan fingerprint density at radius 3 is 2.36 bits per heavy atom. The van der Waals surface area contributed by atoms with Gasteiger partial charge in [0.25, 0.3) is 5.91 Å². The largest absolute Gasteiger partial charge is 0.510 e. The summed E-state index contributed by atoms with van der Waals surface area (Å²) >= 11 is 0. The van der Waals surface area contributed by atoms with Crippen LogP contribution in [0.5, 0.6) is 5.75 Å². The fraction of sp³-hybridized carbons (Fsp3) is 0.438. The molecule has 1 saturated heterocycles. The molecule has 0 saturated carbocycles. The zero-order valence-electron chi connectivity index (χ0n) is 24.8. The number of amides is 2. The van der Waals surface area contributed by atoms with Gasteiger partial charge in [0.1, 0.15) is 22.8 Å². The molecule has 12 nitrogen and oxygen atoms in total. The number of phenols is 1. The molecule has 2 aromatic rings. The summed E-state index contributed by atoms with van der Waals surface area (Å²) in [6.45, 7) is 4.84. The summed E-state index contributed by atoms with van der Waals surface area (Å²) in [6.07, 6.45) is 0.278. The maximum Gasteiger partial charge on any atom is 0.255 e. The maximum absolute atomic E-state index is 14.0. The third-order valence-corrected chi connectivity index (χ3v) is 9.82. The van der Waals surface area contributed by atoms with Gasteiger partial charge in [0, 0.05) is 56.5 Å². The van der Waals surface area contributed by atoms with E-state index in [0.717, 1.165) is 10.9 Å². The lowest BCUT2D eigenvalue weighted by atomic mass is 9.58. The van der Waals surface area contributed by atoms with E-state index in [1.165, 1.54) is 4.90 Å². The van der Waals surface area contributed by atoms with Crippen molar-refractivity contribution in [2.24, 2.45) is 17.6 Å². The number of allylic oxidation sites excluding steroid dienone is 1. The number of nitrogens with two attached hydrogens (primary N) is 1. The molecule has 0 radical (unpaired) electrons. The third-order valence-electron chi connectivity index (χ3n) is 9.82. The molecule has 232 valence electrons. The van der Waals surface area contributed by atoms with Gasteiger partial charge < -0.3 is 31.1 Å². The quantitative estimate of drug-likeness (QED) is 0.315. The molecule has 0 spiro atoms. The summed E-state index contributed by atoms with van der Waals surface area (Å²) < 4.78 is 0. The number of fused-ring (bicyclic) bond motifs is 4. The molecule has 3 aliphatic carbocycles. The van der Waals surface area contributed by atoms with Crippen molar-refractivity contribution in [2.45, 2.75) is 38.0 Å². The minimum Gasteiger partial charge on any atom is -0.510 e. The number of carbonyl (C=O) groups is 4. The van der Waals surface area contributed by atoms with Crippen molar-refractivity contribution in [1.29, 1.82) is 0 Å². The first-order chi connectivity index (χ1) is 20.7. The Balaban J connectivity index is 1.39. The van der Waals surface area contributed by atoms with E-state index in [1.807, 2.05) is 24.3 Å². The Bertz CT molecular complexity index is 1700. The number of hydrogen-bond acceptors (Lipinski definition) is 10. The molecule has 12 heteroatoms. The fourth-order valence-corrected chi connectivity index (χ4v) is 7.64. The van der Waals surface area contributed by atoms with Gasteiger partial charge in [-0.05, 0) is 55.4 Å². The van der Waals surface area contributed by atoms with Crippen LogP contribution < -0.4 is 5.73 Å². The summed E-state index contributed by atoms with van der Waals surface area (Å²) in [7, 11) is 3.19. The van der Waals surface area contributed by atoms with Gasteiger partial charge in [-0.2, -0.15) is 0 Å². The molecule has 0 bridgehead atoms. The monoisotopic (exact) mass is 604 g/mol. The van der Waals surface area contributed by atoms with E-state index < -0.39 is 58.0 Å². The van der Waals surface area contributed by atoms with Crippen molar-refractivity contribution in [3.05, 3.63) is 63.6 Å². The molecule has 2 amide bonds. The third kappa shape index (κ3) is 4.31. The van der Waals surface area contributed by atoms with Crippen molar-refractivity contribution >= 4 is 34.2 Å². The van der Waals surface area contributed by atoms with Crippen LogP contribution in [0, 0.1) is 11.8 Å². The van der Waals surface area contributed by atoms with E-state index in [0.29, 0.717) is 43.7 Å². The number of piperazine rings is 1. The lowest BCUT2D eigenvalue weighted by Crippen LogP contribution is -2.63. The molecular formula is C32H36N4O8. The number of carbonyl (C=O) groups excluding carboxylic acids is 4. The van der Waals surface area contributed by atoms with Crippen molar-refractivity contribution in [1.82, 2.24) is 14.7 Å². The van der Waals surface area contributed by atoms with E-state index >= 15 is 0 Å². The normalized spacial score (nSPS) is 27.5. The van der Waals surface area contributed by atoms with Crippen LogP contribution in [0.2, 0.25) is 0 Å². The second kappa shape index (κ2) is 10.4. The molecule has 1 aliphatic heterocycles. The molecular weight excluding hydrogens is 568 g/mol. The second-order valence-electron chi connectivity index (χ2n) is 12.6. The number of primary amides is 1. The average molecular weight is 605 g/mol. The number of phenolic OH excluding ortho intramolecular Hbond substituents is 1. The van der Waals surface area contributed by atoms with Gasteiger partial charge in [-0.15, -0.1) is 0 Å². The van der Waals surface area contributed by atoms with E-state index in [2.05, 4.69) is 4.90 Å². The number of benzene rings is 2. The Morgan fingerprint density at radius 2 is 1.75 bits per heavy atom. The summed E-state index contributed by atoms with van der Waals surface area (Å²) in [5.41, 5.74) is 3.19.